The SMILES string of the molecule is c1ccc(-c2[nH]c3ccccc3c2-c2c(-c3ccccn3)[nH]c3ccccc23)nc1. The zero-order chi connectivity index (χ0) is 19.9. The topological polar surface area (TPSA) is 57.4 Å². The van der Waals surface area contributed by atoms with E-state index in [1.807, 2.05) is 48.8 Å². The van der Waals surface area contributed by atoms with Gasteiger partial charge in [-0.15, -0.1) is 0 Å². The molecule has 0 fully saturated rings. The number of hydrogen-bond acceptors (Lipinski definition) is 2. The molecule has 2 N–H and O–H groups in total. The van der Waals surface area contributed by atoms with Crippen LogP contribution >= 0.6 is 0 Å². The van der Waals surface area contributed by atoms with Crippen LogP contribution in [0.2, 0.25) is 0 Å². The van der Waals surface area contributed by atoms with E-state index in [0.717, 1.165) is 44.9 Å². The Kier molecular flexibility index (Phi) is 3.74. The summed E-state index contributed by atoms with van der Waals surface area (Å²) in [5.41, 5.74) is 8.32. The normalized spacial score (nSPS) is 11.3. The molecule has 0 aliphatic heterocycles. The Morgan fingerprint density at radius 1 is 0.467 bits per heavy atom. The van der Waals surface area contributed by atoms with Gasteiger partial charge in [0.2, 0.25) is 0 Å². The van der Waals surface area contributed by atoms with Crippen LogP contribution in [0.25, 0.3) is 55.7 Å². The highest BCUT2D eigenvalue weighted by Crippen LogP contribution is 2.45. The van der Waals surface area contributed by atoms with Crippen LogP contribution in [0.5, 0.6) is 0 Å². The van der Waals surface area contributed by atoms with Crippen LogP contribution < -0.4 is 0 Å². The predicted octanol–water partition coefficient (Wildman–Crippen LogP) is 6.44. The minimum absolute atomic E-state index is 0.918. The summed E-state index contributed by atoms with van der Waals surface area (Å²) in [6.45, 7) is 0. The highest BCUT2D eigenvalue weighted by atomic mass is 14.8. The third kappa shape index (κ3) is 2.54. The fourth-order valence-electron chi connectivity index (χ4n) is 4.21. The number of nitrogens with zero attached hydrogens (tertiary/aromatic N) is 2. The second-order valence-electron chi connectivity index (χ2n) is 7.27. The number of pyridine rings is 2. The van der Waals surface area contributed by atoms with Crippen molar-refractivity contribution in [2.75, 3.05) is 0 Å². The summed E-state index contributed by atoms with van der Waals surface area (Å²) in [4.78, 5) is 16.5. The molecule has 0 saturated carbocycles. The minimum Gasteiger partial charge on any atom is -0.353 e. The number of para-hydroxylation sites is 2. The third-order valence-corrected chi connectivity index (χ3v) is 5.50. The summed E-state index contributed by atoms with van der Waals surface area (Å²) in [6.07, 6.45) is 3.67. The van der Waals surface area contributed by atoms with Gasteiger partial charge in [0.25, 0.3) is 0 Å². The Morgan fingerprint density at radius 2 is 0.900 bits per heavy atom. The summed E-state index contributed by atoms with van der Waals surface area (Å²) in [5.74, 6) is 0. The van der Waals surface area contributed by atoms with Gasteiger partial charge in [-0.3, -0.25) is 9.97 Å². The summed E-state index contributed by atoms with van der Waals surface area (Å²) in [6, 6.07) is 28.8. The van der Waals surface area contributed by atoms with Crippen LogP contribution in [0.1, 0.15) is 0 Å². The van der Waals surface area contributed by atoms with Crippen molar-refractivity contribution >= 4 is 21.8 Å². The van der Waals surface area contributed by atoms with E-state index in [-0.39, 0.29) is 0 Å². The second kappa shape index (κ2) is 6.71. The Labute approximate surface area is 173 Å². The molecule has 6 aromatic rings. The molecule has 6 rings (SSSR count). The number of nitrogens with one attached hydrogen (secondary N) is 2. The first-order valence-corrected chi connectivity index (χ1v) is 9.95. The average molecular weight is 386 g/mol. The fraction of sp³-hybridized carbons (Fsp3) is 0. The molecule has 0 bridgehead atoms. The van der Waals surface area contributed by atoms with Gasteiger partial charge in [0, 0.05) is 45.3 Å². The van der Waals surface area contributed by atoms with Crippen molar-refractivity contribution in [3.05, 3.63) is 97.3 Å². The first-order valence-electron chi connectivity index (χ1n) is 9.95. The molecule has 4 aromatic heterocycles. The highest BCUT2D eigenvalue weighted by molar-refractivity contribution is 6.14. The van der Waals surface area contributed by atoms with Crippen LogP contribution in [-0.2, 0) is 0 Å². The second-order valence-corrected chi connectivity index (χ2v) is 7.27. The molecule has 4 nitrogen and oxygen atoms in total. The minimum atomic E-state index is 0.918. The first-order chi connectivity index (χ1) is 14.9. The highest BCUT2D eigenvalue weighted by Gasteiger charge is 2.23. The largest absolute Gasteiger partial charge is 0.353 e. The molecule has 0 aliphatic carbocycles. The monoisotopic (exact) mass is 386 g/mol. The van der Waals surface area contributed by atoms with E-state index in [4.69, 9.17) is 0 Å². The smallest absolute Gasteiger partial charge is 0.0871 e. The van der Waals surface area contributed by atoms with Gasteiger partial charge in [0.15, 0.2) is 0 Å². The molecule has 0 spiro atoms. The van der Waals surface area contributed by atoms with Crippen LogP contribution in [0.4, 0.5) is 0 Å². The molecule has 0 atom stereocenters. The molecule has 4 heteroatoms. The lowest BCUT2D eigenvalue weighted by atomic mass is 9.96. The number of benzene rings is 2. The number of rotatable bonds is 3. The van der Waals surface area contributed by atoms with E-state index in [1.54, 1.807) is 0 Å². The number of hydrogen-bond donors (Lipinski definition) is 2. The van der Waals surface area contributed by atoms with Gasteiger partial charge in [-0.2, -0.15) is 0 Å². The van der Waals surface area contributed by atoms with Gasteiger partial charge in [-0.1, -0.05) is 48.5 Å². The van der Waals surface area contributed by atoms with E-state index in [2.05, 4.69) is 68.5 Å². The van der Waals surface area contributed by atoms with Crippen LogP contribution in [-0.4, -0.2) is 19.9 Å². The quantitative estimate of drug-likeness (QED) is 0.368. The van der Waals surface area contributed by atoms with Crippen molar-refractivity contribution in [1.29, 1.82) is 0 Å². The molecular formula is C26H18N4. The maximum atomic E-state index is 4.64. The lowest BCUT2D eigenvalue weighted by Crippen LogP contribution is -1.89. The summed E-state index contributed by atoms with van der Waals surface area (Å²) in [7, 11) is 0. The summed E-state index contributed by atoms with van der Waals surface area (Å²) in [5, 5.41) is 2.33. The standard InChI is InChI=1S/C26H18N4/c1-3-11-19-17(9-1)23(25(29-19)21-13-5-7-15-27-21)24-18-10-2-4-12-20(18)30-26(24)22-14-6-8-16-28-22/h1-16,29-30H. The molecule has 0 amide bonds. The fourth-order valence-corrected chi connectivity index (χ4v) is 4.21. The first kappa shape index (κ1) is 16.7. The van der Waals surface area contributed by atoms with Crippen LogP contribution in [0, 0.1) is 0 Å². The van der Waals surface area contributed by atoms with Gasteiger partial charge in [-0.25, -0.2) is 0 Å². The summed E-state index contributed by atoms with van der Waals surface area (Å²) < 4.78 is 0. The maximum absolute atomic E-state index is 4.64. The van der Waals surface area contributed by atoms with Crippen molar-refractivity contribution in [2.45, 2.75) is 0 Å². The zero-order valence-corrected chi connectivity index (χ0v) is 16.1. The van der Waals surface area contributed by atoms with E-state index < -0.39 is 0 Å². The maximum Gasteiger partial charge on any atom is 0.0871 e. The molecule has 0 radical (unpaired) electrons. The molecule has 0 saturated heterocycles. The van der Waals surface area contributed by atoms with Gasteiger partial charge >= 0.3 is 0 Å². The molecule has 142 valence electrons. The predicted molar refractivity (Wildman–Crippen MR) is 122 cm³/mol. The Bertz CT molecular complexity index is 1360. The summed E-state index contributed by atoms with van der Waals surface area (Å²) >= 11 is 0. The van der Waals surface area contributed by atoms with Gasteiger partial charge in [-0.05, 0) is 36.4 Å². The number of H-pyrrole nitrogens is 2. The van der Waals surface area contributed by atoms with Crippen molar-refractivity contribution in [1.82, 2.24) is 19.9 Å². The Hall–Kier alpha value is -4.18. The molecule has 0 unspecified atom stereocenters. The van der Waals surface area contributed by atoms with Crippen LogP contribution in [0.15, 0.2) is 97.3 Å². The van der Waals surface area contributed by atoms with E-state index in [9.17, 15) is 0 Å². The van der Waals surface area contributed by atoms with E-state index in [0.29, 0.717) is 0 Å². The van der Waals surface area contributed by atoms with Crippen LogP contribution in [0.3, 0.4) is 0 Å². The van der Waals surface area contributed by atoms with Crippen molar-refractivity contribution in [3.63, 3.8) is 0 Å². The number of aromatic amines is 2. The third-order valence-electron chi connectivity index (χ3n) is 5.50. The Balaban J connectivity index is 1.77. The van der Waals surface area contributed by atoms with Crippen molar-refractivity contribution < 1.29 is 0 Å². The lowest BCUT2D eigenvalue weighted by Gasteiger charge is -2.08. The van der Waals surface area contributed by atoms with Gasteiger partial charge < -0.3 is 9.97 Å². The van der Waals surface area contributed by atoms with Crippen molar-refractivity contribution in [2.24, 2.45) is 0 Å². The molecule has 4 heterocycles. The molecule has 30 heavy (non-hydrogen) atoms. The average Bonchev–Trinajstić information content (AvgIpc) is 3.38. The number of fused-ring (bicyclic) bond motifs is 2. The molecule has 2 aromatic carbocycles. The van der Waals surface area contributed by atoms with Gasteiger partial charge in [0.1, 0.15) is 0 Å². The van der Waals surface area contributed by atoms with Crippen molar-refractivity contribution in [3.8, 4) is 33.9 Å². The Morgan fingerprint density at radius 3 is 1.33 bits per heavy atom. The number of aromatic nitrogens is 4. The van der Waals surface area contributed by atoms with E-state index in [1.165, 1.54) is 10.8 Å². The zero-order valence-electron chi connectivity index (χ0n) is 16.1. The van der Waals surface area contributed by atoms with Gasteiger partial charge in [0.05, 0.1) is 22.8 Å². The lowest BCUT2D eigenvalue weighted by molar-refractivity contribution is 1.28. The molecular weight excluding hydrogens is 368 g/mol. The van der Waals surface area contributed by atoms with E-state index >= 15 is 0 Å². The molecule has 0 aliphatic rings.